The number of aryl methyl sites for hydroxylation is 1. The van der Waals surface area contributed by atoms with Gasteiger partial charge in [-0.3, -0.25) is 4.79 Å². The van der Waals surface area contributed by atoms with E-state index in [1.807, 2.05) is 18.2 Å². The highest BCUT2D eigenvalue weighted by molar-refractivity contribution is 8.08. The molecule has 3 rings (SSSR count). The van der Waals surface area contributed by atoms with Crippen LogP contribution in [-0.2, 0) is 24.3 Å². The fourth-order valence-electron chi connectivity index (χ4n) is 2.52. The molecule has 2 N–H and O–H groups in total. The van der Waals surface area contributed by atoms with E-state index in [4.69, 9.17) is 20.2 Å². The van der Waals surface area contributed by atoms with Crippen LogP contribution in [0.4, 0.5) is 10.5 Å². The van der Waals surface area contributed by atoms with Gasteiger partial charge in [-0.05, 0) is 41.9 Å². The number of anilines is 1. The van der Waals surface area contributed by atoms with Gasteiger partial charge in [0.15, 0.2) is 0 Å². The van der Waals surface area contributed by atoms with E-state index in [0.717, 1.165) is 0 Å². The molecule has 0 bridgehead atoms. The number of halogens is 1. The van der Waals surface area contributed by atoms with Crippen molar-refractivity contribution in [3.05, 3.63) is 60.2 Å². The first kappa shape index (κ1) is 23.9. The quantitative estimate of drug-likeness (QED) is 0.673. The van der Waals surface area contributed by atoms with Gasteiger partial charge in [-0.15, -0.1) is 0 Å². The van der Waals surface area contributed by atoms with E-state index in [1.54, 1.807) is 24.3 Å². The predicted octanol–water partition coefficient (Wildman–Crippen LogP) is 3.79. The molecule has 0 spiro atoms. The van der Waals surface area contributed by atoms with Crippen LogP contribution < -0.4 is 10.6 Å². The second-order valence-corrected chi connectivity index (χ2v) is 8.28. The fourth-order valence-corrected chi connectivity index (χ4v) is 3.18. The molecule has 1 aliphatic heterocycles. The van der Waals surface area contributed by atoms with Crippen molar-refractivity contribution in [1.29, 1.82) is 0 Å². The molecule has 0 aliphatic carbocycles. The van der Waals surface area contributed by atoms with Crippen molar-refractivity contribution in [1.82, 2.24) is 5.32 Å². The van der Waals surface area contributed by atoms with Gasteiger partial charge in [0.05, 0.1) is 18.1 Å². The van der Waals surface area contributed by atoms with Gasteiger partial charge in [0, 0.05) is 18.5 Å². The number of carbonyl (C=O) groups excluding carboxylic acids is 2. The summed E-state index contributed by atoms with van der Waals surface area (Å²) in [7, 11) is 3.86. The van der Waals surface area contributed by atoms with Gasteiger partial charge in [0.1, 0.15) is 22.7 Å². The molecule has 162 valence electrons. The molecule has 30 heavy (non-hydrogen) atoms. The number of alkyl carbamates (subject to hydrolysis) is 1. The van der Waals surface area contributed by atoms with Crippen LogP contribution >= 0.6 is 10.7 Å². The average Bonchev–Trinajstić information content (AvgIpc) is 2.74. The van der Waals surface area contributed by atoms with Gasteiger partial charge >= 0.3 is 6.09 Å². The molecule has 2 aromatic carbocycles. The van der Waals surface area contributed by atoms with E-state index in [-0.39, 0.29) is 12.6 Å². The standard InChI is InChI=1S/C14H17ClN2O5S.C7H8/c15-23(20)12-3-1-10(2-4-12)17-13(18)9-16-14(19)22-11-5-7-21-8-6-11;1-7-5-3-2-4-6-7/h1-4,11H,5-9H2,(H,16,19)(H,17,18);2-6H,1H3. The van der Waals surface area contributed by atoms with Crippen LogP contribution in [0.25, 0.3) is 0 Å². The van der Waals surface area contributed by atoms with Crippen molar-refractivity contribution < 1.29 is 23.3 Å². The molecule has 1 fully saturated rings. The molecule has 1 atom stereocenters. The molecule has 2 amide bonds. The Morgan fingerprint density at radius 3 is 2.27 bits per heavy atom. The molecule has 1 heterocycles. The SMILES string of the molecule is Cc1ccccc1.O=C(CNC(=O)OC1CCOCC1)Nc1ccc(S(=O)Cl)cc1. The second-order valence-electron chi connectivity index (χ2n) is 6.52. The van der Waals surface area contributed by atoms with Crippen LogP contribution in [0.5, 0.6) is 0 Å². The smallest absolute Gasteiger partial charge is 0.407 e. The maximum Gasteiger partial charge on any atom is 0.407 e. The van der Waals surface area contributed by atoms with Gasteiger partial charge in [0.25, 0.3) is 0 Å². The molecular formula is C21H25ClN2O5S. The average molecular weight is 453 g/mol. The number of amides is 2. The Hall–Kier alpha value is -2.42. The lowest BCUT2D eigenvalue weighted by molar-refractivity contribution is -0.115. The Labute approximate surface area is 183 Å². The first-order valence-electron chi connectivity index (χ1n) is 9.46. The molecule has 9 heteroatoms. The molecule has 1 unspecified atom stereocenters. The topological polar surface area (TPSA) is 93.7 Å². The maximum absolute atomic E-state index is 11.7. The number of nitrogens with one attached hydrogen (secondary N) is 2. The van der Waals surface area contributed by atoms with E-state index < -0.39 is 22.0 Å². The molecular weight excluding hydrogens is 428 g/mol. The molecule has 7 nitrogen and oxygen atoms in total. The predicted molar refractivity (Wildman–Crippen MR) is 117 cm³/mol. The number of rotatable bonds is 5. The number of benzene rings is 2. The van der Waals surface area contributed by atoms with E-state index in [0.29, 0.717) is 36.6 Å². The van der Waals surface area contributed by atoms with E-state index in [1.165, 1.54) is 5.56 Å². The van der Waals surface area contributed by atoms with Crippen molar-refractivity contribution in [3.8, 4) is 0 Å². The minimum atomic E-state index is -1.59. The Kier molecular flexibility index (Phi) is 10.3. The van der Waals surface area contributed by atoms with E-state index >= 15 is 0 Å². The summed E-state index contributed by atoms with van der Waals surface area (Å²) >= 11 is 0. The van der Waals surface area contributed by atoms with Gasteiger partial charge < -0.3 is 20.1 Å². The van der Waals surface area contributed by atoms with Crippen molar-refractivity contribution in [2.75, 3.05) is 25.1 Å². The first-order chi connectivity index (χ1) is 14.4. The number of hydrogen-bond acceptors (Lipinski definition) is 5. The molecule has 1 saturated heterocycles. The van der Waals surface area contributed by atoms with Gasteiger partial charge in [-0.1, -0.05) is 35.9 Å². The molecule has 1 aliphatic rings. The summed E-state index contributed by atoms with van der Waals surface area (Å²) < 4.78 is 21.4. The third-order valence-corrected chi connectivity index (χ3v) is 5.28. The lowest BCUT2D eigenvalue weighted by atomic mass is 10.2. The summed E-state index contributed by atoms with van der Waals surface area (Å²) in [6.07, 6.45) is 0.526. The lowest BCUT2D eigenvalue weighted by Gasteiger charge is -2.22. The van der Waals surface area contributed by atoms with Gasteiger partial charge in [-0.25, -0.2) is 9.00 Å². The Morgan fingerprint density at radius 2 is 1.73 bits per heavy atom. The van der Waals surface area contributed by atoms with Crippen LogP contribution in [0.15, 0.2) is 59.5 Å². The van der Waals surface area contributed by atoms with Crippen LogP contribution in [0.3, 0.4) is 0 Å². The largest absolute Gasteiger partial charge is 0.446 e. The zero-order valence-corrected chi connectivity index (χ0v) is 18.2. The summed E-state index contributed by atoms with van der Waals surface area (Å²) in [5.41, 5.74) is 1.84. The minimum absolute atomic E-state index is 0.171. The highest BCUT2D eigenvalue weighted by Crippen LogP contribution is 2.14. The lowest BCUT2D eigenvalue weighted by Crippen LogP contribution is -2.36. The van der Waals surface area contributed by atoms with Crippen molar-refractivity contribution in [3.63, 3.8) is 0 Å². The van der Waals surface area contributed by atoms with Crippen molar-refractivity contribution >= 4 is 38.4 Å². The number of hydrogen-bond donors (Lipinski definition) is 2. The van der Waals surface area contributed by atoms with Gasteiger partial charge in [-0.2, -0.15) is 0 Å². The molecule has 2 aromatic rings. The van der Waals surface area contributed by atoms with Crippen LogP contribution in [0.1, 0.15) is 18.4 Å². The third kappa shape index (κ3) is 9.39. The Balaban J connectivity index is 0.000000386. The summed E-state index contributed by atoms with van der Waals surface area (Å²) in [4.78, 5) is 23.8. The number of carbonyl (C=O) groups is 2. The van der Waals surface area contributed by atoms with Crippen LogP contribution in [-0.4, -0.2) is 42.1 Å². The minimum Gasteiger partial charge on any atom is -0.446 e. The van der Waals surface area contributed by atoms with E-state index in [9.17, 15) is 13.8 Å². The third-order valence-electron chi connectivity index (χ3n) is 4.10. The van der Waals surface area contributed by atoms with Crippen molar-refractivity contribution in [2.24, 2.45) is 0 Å². The highest BCUT2D eigenvalue weighted by Gasteiger charge is 2.18. The second kappa shape index (κ2) is 13.0. The van der Waals surface area contributed by atoms with E-state index in [2.05, 4.69) is 29.7 Å². The Morgan fingerprint density at radius 1 is 1.10 bits per heavy atom. The summed E-state index contributed by atoms with van der Waals surface area (Å²) in [5, 5.41) is 4.99. The zero-order valence-electron chi connectivity index (χ0n) is 16.6. The first-order valence-corrected chi connectivity index (χ1v) is 11.4. The summed E-state index contributed by atoms with van der Waals surface area (Å²) in [6, 6.07) is 16.5. The Bertz CT molecular complexity index is 827. The number of ether oxygens (including phenoxy) is 2. The van der Waals surface area contributed by atoms with Crippen LogP contribution in [0.2, 0.25) is 0 Å². The molecule has 0 radical (unpaired) electrons. The van der Waals surface area contributed by atoms with Gasteiger partial charge in [0.2, 0.25) is 5.91 Å². The highest BCUT2D eigenvalue weighted by atomic mass is 35.7. The zero-order chi connectivity index (χ0) is 21.8. The maximum atomic E-state index is 11.7. The monoisotopic (exact) mass is 452 g/mol. The van der Waals surface area contributed by atoms with Crippen molar-refractivity contribution in [2.45, 2.75) is 30.8 Å². The normalized spacial score (nSPS) is 14.6. The summed E-state index contributed by atoms with van der Waals surface area (Å²) in [6.45, 7) is 3.02. The molecule has 0 saturated carbocycles. The van der Waals surface area contributed by atoms with Crippen LogP contribution in [0, 0.1) is 6.92 Å². The fraction of sp³-hybridized carbons (Fsp3) is 0.333. The molecule has 0 aromatic heterocycles. The summed E-state index contributed by atoms with van der Waals surface area (Å²) in [5.74, 6) is -0.395.